The van der Waals surface area contributed by atoms with Crippen molar-refractivity contribution in [3.8, 4) is 11.8 Å². The number of carbonyl (C=O) groups is 2. The van der Waals surface area contributed by atoms with Gasteiger partial charge in [0.15, 0.2) is 5.69 Å². The second-order valence-corrected chi connectivity index (χ2v) is 9.66. The highest BCUT2D eigenvalue weighted by molar-refractivity contribution is 6.03. The molecule has 2 amide bonds. The number of anilines is 1. The first-order chi connectivity index (χ1) is 19.4. The summed E-state index contributed by atoms with van der Waals surface area (Å²) in [4.78, 5) is 24.3. The molecule has 0 bridgehead atoms. The van der Waals surface area contributed by atoms with Crippen LogP contribution in [0.1, 0.15) is 51.8 Å². The summed E-state index contributed by atoms with van der Waals surface area (Å²) < 4.78 is 16.3. The molecule has 0 saturated heterocycles. The zero-order chi connectivity index (χ0) is 28.1. The first kappa shape index (κ1) is 26.6. The van der Waals surface area contributed by atoms with E-state index < -0.39 is 17.8 Å². The third kappa shape index (κ3) is 6.34. The van der Waals surface area contributed by atoms with Crippen LogP contribution in [0.5, 0.6) is 0 Å². The van der Waals surface area contributed by atoms with Gasteiger partial charge >= 0.3 is 6.09 Å². The van der Waals surface area contributed by atoms with Crippen molar-refractivity contribution in [2.24, 2.45) is 5.92 Å². The third-order valence-corrected chi connectivity index (χ3v) is 6.67. The minimum Gasteiger partial charge on any atom is -0.465 e. The molecule has 1 aliphatic carbocycles. The largest absolute Gasteiger partial charge is 0.465 e. The average molecular weight is 539 g/mol. The van der Waals surface area contributed by atoms with E-state index in [-0.39, 0.29) is 29.7 Å². The number of halogens is 1. The van der Waals surface area contributed by atoms with Crippen molar-refractivity contribution in [2.75, 3.05) is 11.9 Å². The van der Waals surface area contributed by atoms with Gasteiger partial charge in [-0.25, -0.2) is 13.9 Å². The molecule has 1 heterocycles. The Morgan fingerprint density at radius 1 is 1.05 bits per heavy atom. The molecule has 1 aliphatic rings. The minimum atomic E-state index is -1.17. The van der Waals surface area contributed by atoms with E-state index in [0.29, 0.717) is 17.2 Å². The summed E-state index contributed by atoms with van der Waals surface area (Å²) in [6.45, 7) is 0.891. The summed E-state index contributed by atoms with van der Waals surface area (Å²) in [6.07, 6.45) is 1.21. The number of aromatic nitrogens is 2. The van der Waals surface area contributed by atoms with Gasteiger partial charge in [0.1, 0.15) is 17.6 Å². The van der Waals surface area contributed by atoms with E-state index in [1.807, 2.05) is 36.4 Å². The molecular weight excluding hydrogens is 511 g/mol. The standard InChI is InChI=1S/C30H27FN6O3/c31-25-12-11-22(28(33-17-19-9-10-19)21-6-2-1-3-7-21)14-26(25)35-29(38)27-15-23(16-32)36-37(27)24-8-4-5-20(13-24)18-34-30(39)40/h1-8,11-15,19,28,33-34H,9-10,17-18H2,(H,35,38)(H,39,40). The van der Waals surface area contributed by atoms with Gasteiger partial charge in [-0.15, -0.1) is 0 Å². The van der Waals surface area contributed by atoms with Crippen LogP contribution in [0.15, 0.2) is 78.9 Å². The van der Waals surface area contributed by atoms with Crippen molar-refractivity contribution in [1.82, 2.24) is 20.4 Å². The van der Waals surface area contributed by atoms with Crippen molar-refractivity contribution < 1.29 is 19.1 Å². The maximum absolute atomic E-state index is 15.0. The average Bonchev–Trinajstić information content (AvgIpc) is 3.69. The molecule has 0 spiro atoms. The normalized spacial score (nSPS) is 13.3. The number of hydrogen-bond acceptors (Lipinski definition) is 5. The van der Waals surface area contributed by atoms with E-state index in [4.69, 9.17) is 5.11 Å². The van der Waals surface area contributed by atoms with Gasteiger partial charge in [-0.3, -0.25) is 4.79 Å². The lowest BCUT2D eigenvalue weighted by atomic mass is 9.97. The molecule has 1 atom stereocenters. The molecule has 0 radical (unpaired) electrons. The van der Waals surface area contributed by atoms with E-state index in [9.17, 15) is 19.2 Å². The first-order valence-electron chi connectivity index (χ1n) is 12.9. The Morgan fingerprint density at radius 2 is 1.85 bits per heavy atom. The molecule has 5 rings (SSSR count). The molecule has 4 N–H and O–H groups in total. The van der Waals surface area contributed by atoms with Gasteiger partial charge in [0.25, 0.3) is 5.91 Å². The van der Waals surface area contributed by atoms with Crippen molar-refractivity contribution in [1.29, 1.82) is 5.26 Å². The fourth-order valence-electron chi connectivity index (χ4n) is 4.45. The second kappa shape index (κ2) is 11.8. The van der Waals surface area contributed by atoms with Crippen LogP contribution in [0.25, 0.3) is 5.69 Å². The van der Waals surface area contributed by atoms with Crippen LogP contribution in [-0.2, 0) is 6.54 Å². The molecule has 1 aromatic heterocycles. The fourth-order valence-corrected chi connectivity index (χ4v) is 4.45. The smallest absolute Gasteiger partial charge is 0.404 e. The summed E-state index contributed by atoms with van der Waals surface area (Å²) in [5.74, 6) is -0.611. The zero-order valence-corrected chi connectivity index (χ0v) is 21.5. The van der Waals surface area contributed by atoms with Crippen LogP contribution >= 0.6 is 0 Å². The maximum Gasteiger partial charge on any atom is 0.404 e. The fraction of sp³-hybridized carbons (Fsp3) is 0.200. The highest BCUT2D eigenvalue weighted by atomic mass is 19.1. The topological polar surface area (TPSA) is 132 Å². The van der Waals surface area contributed by atoms with E-state index >= 15 is 0 Å². The molecule has 1 fully saturated rings. The van der Waals surface area contributed by atoms with E-state index in [1.165, 1.54) is 29.7 Å². The zero-order valence-electron chi connectivity index (χ0n) is 21.5. The highest BCUT2D eigenvalue weighted by Crippen LogP contribution is 2.31. The summed E-state index contributed by atoms with van der Waals surface area (Å²) in [7, 11) is 0. The third-order valence-electron chi connectivity index (χ3n) is 6.67. The second-order valence-electron chi connectivity index (χ2n) is 9.66. The van der Waals surface area contributed by atoms with Crippen LogP contribution in [0, 0.1) is 23.1 Å². The number of amides is 2. The number of nitrogens with zero attached hydrogens (tertiary/aromatic N) is 3. The van der Waals surface area contributed by atoms with Crippen molar-refractivity contribution in [2.45, 2.75) is 25.4 Å². The van der Waals surface area contributed by atoms with Gasteiger partial charge in [0, 0.05) is 12.6 Å². The lowest BCUT2D eigenvalue weighted by Gasteiger charge is -2.21. The molecule has 202 valence electrons. The van der Waals surface area contributed by atoms with Crippen LogP contribution in [0.2, 0.25) is 0 Å². The van der Waals surface area contributed by atoms with Gasteiger partial charge in [0.05, 0.1) is 17.4 Å². The number of nitriles is 1. The summed E-state index contributed by atoms with van der Waals surface area (Å²) in [5, 5.41) is 31.1. The maximum atomic E-state index is 15.0. The minimum absolute atomic E-state index is 0.00172. The molecule has 9 nitrogen and oxygen atoms in total. The van der Waals surface area contributed by atoms with Gasteiger partial charge in [-0.05, 0) is 66.3 Å². The van der Waals surface area contributed by atoms with Crippen molar-refractivity contribution in [3.05, 3.63) is 113 Å². The van der Waals surface area contributed by atoms with Gasteiger partial charge < -0.3 is 21.1 Å². The summed E-state index contributed by atoms with van der Waals surface area (Å²) in [5.41, 5.74) is 2.93. The number of benzene rings is 3. The van der Waals surface area contributed by atoms with E-state index in [2.05, 4.69) is 21.0 Å². The van der Waals surface area contributed by atoms with Crippen molar-refractivity contribution >= 4 is 17.7 Å². The van der Waals surface area contributed by atoms with Crippen LogP contribution < -0.4 is 16.0 Å². The monoisotopic (exact) mass is 538 g/mol. The molecule has 1 saturated carbocycles. The predicted octanol–water partition coefficient (Wildman–Crippen LogP) is 4.99. The molecule has 3 aromatic carbocycles. The highest BCUT2D eigenvalue weighted by Gasteiger charge is 2.24. The first-order valence-corrected chi connectivity index (χ1v) is 12.9. The Hall–Kier alpha value is -5.01. The number of carbonyl (C=O) groups excluding carboxylic acids is 1. The van der Waals surface area contributed by atoms with E-state index in [1.54, 1.807) is 36.4 Å². The SMILES string of the molecule is N#Cc1cc(C(=O)Nc2cc(C(NCC3CC3)c3ccccc3)ccc2F)n(-c2cccc(CNC(=O)O)c2)n1. The molecule has 0 aliphatic heterocycles. The lowest BCUT2D eigenvalue weighted by molar-refractivity contribution is 0.101. The molecular formula is C30H27FN6O3. The van der Waals surface area contributed by atoms with Crippen molar-refractivity contribution in [3.63, 3.8) is 0 Å². The number of hydrogen-bond donors (Lipinski definition) is 4. The summed E-state index contributed by atoms with van der Waals surface area (Å²) >= 11 is 0. The van der Waals surface area contributed by atoms with Gasteiger partial charge in [0.2, 0.25) is 0 Å². The molecule has 40 heavy (non-hydrogen) atoms. The molecule has 4 aromatic rings. The lowest BCUT2D eigenvalue weighted by Crippen LogP contribution is -2.25. The van der Waals surface area contributed by atoms with Gasteiger partial charge in [-0.2, -0.15) is 10.4 Å². The predicted molar refractivity (Wildman–Crippen MR) is 147 cm³/mol. The Balaban J connectivity index is 1.43. The number of rotatable bonds is 10. The molecule has 10 heteroatoms. The Bertz CT molecular complexity index is 1580. The summed E-state index contributed by atoms with van der Waals surface area (Å²) in [6, 6.07) is 24.3. The van der Waals surface area contributed by atoms with E-state index in [0.717, 1.165) is 17.7 Å². The Labute approximate surface area is 230 Å². The Morgan fingerprint density at radius 3 is 2.58 bits per heavy atom. The number of nitrogens with one attached hydrogen (secondary N) is 3. The number of carboxylic acid groups (broad SMARTS) is 1. The quantitative estimate of drug-likeness (QED) is 0.225. The van der Waals surface area contributed by atoms with Crippen LogP contribution in [0.4, 0.5) is 14.9 Å². The Kier molecular flexibility index (Phi) is 7.84. The van der Waals surface area contributed by atoms with Gasteiger partial charge in [-0.1, -0.05) is 48.5 Å². The molecule has 1 unspecified atom stereocenters. The van der Waals surface area contributed by atoms with Crippen LogP contribution in [-0.4, -0.2) is 33.4 Å². The van der Waals surface area contributed by atoms with Crippen LogP contribution in [0.3, 0.4) is 0 Å².